The van der Waals surface area contributed by atoms with Crippen LogP contribution in [0.4, 0.5) is 5.69 Å². The second-order valence-electron chi connectivity index (χ2n) is 8.37. The topological polar surface area (TPSA) is 86.8 Å². The summed E-state index contributed by atoms with van der Waals surface area (Å²) in [5.41, 5.74) is 1.92. The van der Waals surface area contributed by atoms with Crippen LogP contribution in [-0.2, 0) is 26.2 Å². The van der Waals surface area contributed by atoms with Crippen LogP contribution in [0.2, 0.25) is 10.0 Å². The molecule has 0 aromatic heterocycles. The molecule has 0 aliphatic heterocycles. The first-order chi connectivity index (χ1) is 15.8. The molecule has 1 N–H and O–H groups in total. The lowest BCUT2D eigenvalue weighted by molar-refractivity contribution is -0.139. The number of hydrogen-bond acceptors (Lipinski definition) is 4. The van der Waals surface area contributed by atoms with Gasteiger partial charge in [-0.3, -0.25) is 13.9 Å². The van der Waals surface area contributed by atoms with Crippen LogP contribution < -0.4 is 9.62 Å². The number of nitrogens with one attached hydrogen (secondary N) is 1. The summed E-state index contributed by atoms with van der Waals surface area (Å²) in [6.07, 6.45) is 1.72. The second kappa shape index (κ2) is 11.9. The Morgan fingerprint density at radius 1 is 1.09 bits per heavy atom. The van der Waals surface area contributed by atoms with E-state index in [4.69, 9.17) is 23.2 Å². The fourth-order valence-corrected chi connectivity index (χ4v) is 4.62. The molecule has 34 heavy (non-hydrogen) atoms. The van der Waals surface area contributed by atoms with E-state index in [-0.39, 0.29) is 34.2 Å². The normalized spacial score (nSPS) is 13.1. The van der Waals surface area contributed by atoms with Crippen molar-refractivity contribution in [3.63, 3.8) is 0 Å². The van der Waals surface area contributed by atoms with Crippen LogP contribution in [0.25, 0.3) is 0 Å². The predicted molar refractivity (Wildman–Crippen MR) is 138 cm³/mol. The fourth-order valence-electron chi connectivity index (χ4n) is 3.33. The number of amides is 2. The number of anilines is 1. The highest BCUT2D eigenvalue weighted by molar-refractivity contribution is 7.92. The molecular formula is C24H31Cl2N3O4S. The lowest BCUT2D eigenvalue weighted by Crippen LogP contribution is -2.52. The molecular weight excluding hydrogens is 497 g/mol. The summed E-state index contributed by atoms with van der Waals surface area (Å²) in [7, 11) is -3.89. The Kier molecular flexibility index (Phi) is 9.79. The third kappa shape index (κ3) is 7.61. The van der Waals surface area contributed by atoms with E-state index in [1.807, 2.05) is 45.0 Å². The van der Waals surface area contributed by atoms with Gasteiger partial charge in [0.05, 0.1) is 17.0 Å². The van der Waals surface area contributed by atoms with E-state index in [1.54, 1.807) is 6.92 Å². The minimum Gasteiger partial charge on any atom is -0.352 e. The molecule has 0 saturated heterocycles. The highest BCUT2D eigenvalue weighted by atomic mass is 35.5. The Bertz CT molecular complexity index is 1140. The Labute approximate surface area is 212 Å². The number of carbonyl (C=O) groups excluding carboxylic acids is 2. The molecule has 2 amide bonds. The molecule has 2 rings (SSSR count). The maximum atomic E-state index is 13.5. The molecule has 0 aliphatic rings. The van der Waals surface area contributed by atoms with Gasteiger partial charge >= 0.3 is 0 Å². The Morgan fingerprint density at radius 3 is 2.35 bits per heavy atom. The smallest absolute Gasteiger partial charge is 0.244 e. The maximum Gasteiger partial charge on any atom is 0.244 e. The van der Waals surface area contributed by atoms with Gasteiger partial charge in [0.1, 0.15) is 12.6 Å². The van der Waals surface area contributed by atoms with Crippen LogP contribution in [-0.4, -0.2) is 50.0 Å². The van der Waals surface area contributed by atoms with Crippen LogP contribution >= 0.6 is 23.2 Å². The summed E-state index contributed by atoms with van der Waals surface area (Å²) < 4.78 is 26.1. The van der Waals surface area contributed by atoms with Crippen molar-refractivity contribution in [2.45, 2.75) is 52.7 Å². The van der Waals surface area contributed by atoms with E-state index in [1.165, 1.54) is 23.1 Å². The first-order valence-corrected chi connectivity index (χ1v) is 13.5. The number of halogens is 2. The van der Waals surface area contributed by atoms with Crippen molar-refractivity contribution in [3.05, 3.63) is 63.6 Å². The van der Waals surface area contributed by atoms with Crippen molar-refractivity contribution in [1.29, 1.82) is 0 Å². The number of aryl methyl sites for hydroxylation is 1. The summed E-state index contributed by atoms with van der Waals surface area (Å²) >= 11 is 12.3. The molecule has 0 bridgehead atoms. The highest BCUT2D eigenvalue weighted by Gasteiger charge is 2.31. The summed E-state index contributed by atoms with van der Waals surface area (Å²) in [6, 6.07) is 11.1. The van der Waals surface area contributed by atoms with Crippen LogP contribution in [0, 0.1) is 6.92 Å². The Hall–Kier alpha value is -2.29. The Balaban J connectivity index is 2.43. The quantitative estimate of drug-likeness (QED) is 0.495. The number of carbonyl (C=O) groups is 2. The molecule has 0 radical (unpaired) electrons. The molecule has 2 aromatic rings. The maximum absolute atomic E-state index is 13.5. The van der Waals surface area contributed by atoms with Crippen LogP contribution in [0.1, 0.15) is 38.3 Å². The number of rotatable bonds is 10. The number of benzene rings is 2. The van der Waals surface area contributed by atoms with E-state index in [9.17, 15) is 18.0 Å². The van der Waals surface area contributed by atoms with Gasteiger partial charge in [-0.25, -0.2) is 8.42 Å². The molecule has 2 aromatic carbocycles. The van der Waals surface area contributed by atoms with Crippen LogP contribution in [0.15, 0.2) is 42.5 Å². The minimum absolute atomic E-state index is 0.0661. The molecule has 7 nitrogen and oxygen atoms in total. The third-order valence-corrected chi connectivity index (χ3v) is 7.14. The molecule has 0 unspecified atom stereocenters. The van der Waals surface area contributed by atoms with Gasteiger partial charge in [-0.2, -0.15) is 0 Å². The number of nitrogens with zero attached hydrogens (tertiary/aromatic N) is 2. The molecule has 0 saturated carbocycles. The second-order valence-corrected chi connectivity index (χ2v) is 11.1. The highest BCUT2D eigenvalue weighted by Crippen LogP contribution is 2.31. The van der Waals surface area contributed by atoms with Gasteiger partial charge in [0.15, 0.2) is 0 Å². The fraction of sp³-hybridized carbons (Fsp3) is 0.417. The van der Waals surface area contributed by atoms with Crippen LogP contribution in [0.5, 0.6) is 0 Å². The number of hydrogen-bond donors (Lipinski definition) is 1. The summed E-state index contributed by atoms with van der Waals surface area (Å²) in [6.45, 7) is 6.99. The van der Waals surface area contributed by atoms with E-state index in [0.29, 0.717) is 0 Å². The largest absolute Gasteiger partial charge is 0.352 e. The third-order valence-electron chi connectivity index (χ3n) is 5.46. The summed E-state index contributed by atoms with van der Waals surface area (Å²) in [4.78, 5) is 27.8. The average Bonchev–Trinajstić information content (AvgIpc) is 2.76. The van der Waals surface area contributed by atoms with Crippen molar-refractivity contribution >= 4 is 50.7 Å². The zero-order chi connectivity index (χ0) is 25.6. The molecule has 0 aliphatic carbocycles. The number of sulfonamides is 1. The lowest BCUT2D eigenvalue weighted by Gasteiger charge is -2.32. The standard InChI is InChI=1S/C24H31Cl2N3O4S/c1-6-17(3)27-24(31)18(4)28(14-19-9-7-8-16(2)12-19)23(30)15-29(34(5,32)33)22-13-20(25)10-11-21(22)26/h7-13,17-18H,6,14-15H2,1-5H3,(H,27,31)/t17-,18-/m1/s1. The lowest BCUT2D eigenvalue weighted by atomic mass is 10.1. The first kappa shape index (κ1) is 28.0. The van der Waals surface area contributed by atoms with E-state index < -0.39 is 28.5 Å². The predicted octanol–water partition coefficient (Wildman–Crippen LogP) is 4.40. The van der Waals surface area contributed by atoms with E-state index >= 15 is 0 Å². The zero-order valence-corrected chi connectivity index (χ0v) is 22.3. The van der Waals surface area contributed by atoms with Gasteiger partial charge < -0.3 is 10.2 Å². The van der Waals surface area contributed by atoms with Crippen LogP contribution in [0.3, 0.4) is 0 Å². The molecule has 2 atom stereocenters. The van der Waals surface area contributed by atoms with Crippen molar-refractivity contribution in [2.75, 3.05) is 17.1 Å². The van der Waals surface area contributed by atoms with Gasteiger partial charge in [0.25, 0.3) is 0 Å². The van der Waals surface area contributed by atoms with Gasteiger partial charge in [0, 0.05) is 17.6 Å². The summed E-state index contributed by atoms with van der Waals surface area (Å²) in [5.74, 6) is -0.864. The van der Waals surface area contributed by atoms with Gasteiger partial charge in [-0.15, -0.1) is 0 Å². The first-order valence-electron chi connectivity index (χ1n) is 10.9. The monoisotopic (exact) mass is 527 g/mol. The van der Waals surface area contributed by atoms with Crippen molar-refractivity contribution in [2.24, 2.45) is 0 Å². The molecule has 10 heteroatoms. The average molecular weight is 529 g/mol. The molecule has 0 fully saturated rings. The SMILES string of the molecule is CC[C@@H](C)NC(=O)[C@@H](C)N(Cc1cccc(C)c1)C(=O)CN(c1cc(Cl)ccc1Cl)S(C)(=O)=O. The van der Waals surface area contributed by atoms with Gasteiger partial charge in [-0.1, -0.05) is 60.0 Å². The van der Waals surface area contributed by atoms with E-state index in [2.05, 4.69) is 5.32 Å². The van der Waals surface area contributed by atoms with E-state index in [0.717, 1.165) is 28.1 Å². The molecule has 186 valence electrons. The molecule has 0 heterocycles. The molecule has 0 spiro atoms. The van der Waals surface area contributed by atoms with Crippen molar-refractivity contribution < 1.29 is 18.0 Å². The van der Waals surface area contributed by atoms with Crippen molar-refractivity contribution in [3.8, 4) is 0 Å². The van der Waals surface area contributed by atoms with Gasteiger partial charge in [0.2, 0.25) is 21.8 Å². The Morgan fingerprint density at radius 2 is 1.76 bits per heavy atom. The summed E-state index contributed by atoms with van der Waals surface area (Å²) in [5, 5.41) is 3.30. The van der Waals surface area contributed by atoms with Crippen molar-refractivity contribution in [1.82, 2.24) is 10.2 Å². The minimum atomic E-state index is -3.89. The van der Waals surface area contributed by atoms with Gasteiger partial charge in [-0.05, 0) is 51.0 Å². The zero-order valence-electron chi connectivity index (χ0n) is 20.0.